The average Bonchev–Trinajstić information content (AvgIpc) is 2.65. The minimum Gasteiger partial charge on any atom is -0.372 e. The van der Waals surface area contributed by atoms with Gasteiger partial charge in [0.2, 0.25) is 11.8 Å². The summed E-state index contributed by atoms with van der Waals surface area (Å²) in [5, 5.41) is 5.10. The van der Waals surface area contributed by atoms with Crippen LogP contribution >= 0.6 is 0 Å². The predicted octanol–water partition coefficient (Wildman–Crippen LogP) is 4.03. The molecule has 1 heterocycles. The number of amides is 2. The zero-order valence-electron chi connectivity index (χ0n) is 15.4. The van der Waals surface area contributed by atoms with Gasteiger partial charge in [0.25, 0.3) is 0 Å². The Balaban J connectivity index is 1.50. The number of piperidine rings is 1. The van der Waals surface area contributed by atoms with Gasteiger partial charge in [0.1, 0.15) is 12.2 Å². The molecule has 2 amide bonds. The molecule has 2 aromatic carbocycles. The van der Waals surface area contributed by atoms with E-state index in [1.807, 2.05) is 24.3 Å². The van der Waals surface area contributed by atoms with Crippen LogP contribution in [0.25, 0.3) is 0 Å². The van der Waals surface area contributed by atoms with Gasteiger partial charge in [0.15, 0.2) is 0 Å². The normalized spacial score (nSPS) is 14.7. The largest absolute Gasteiger partial charge is 0.372 e. The first-order chi connectivity index (χ1) is 13.0. The van der Waals surface area contributed by atoms with Gasteiger partial charge in [-0.15, -0.1) is 0 Å². The molecular weight excluding hydrogens is 345 g/mol. The van der Waals surface area contributed by atoms with Crippen molar-refractivity contribution in [3.05, 3.63) is 54.3 Å². The summed E-state index contributed by atoms with van der Waals surface area (Å²) < 4.78 is 13.5. The predicted molar refractivity (Wildman–Crippen MR) is 105 cm³/mol. The second kappa shape index (κ2) is 8.66. The van der Waals surface area contributed by atoms with Gasteiger partial charge in [-0.2, -0.15) is 0 Å². The maximum Gasteiger partial charge on any atom is 0.233 e. The first-order valence-corrected chi connectivity index (χ1v) is 9.20. The first-order valence-electron chi connectivity index (χ1n) is 9.20. The number of rotatable bonds is 5. The number of hydrogen-bond acceptors (Lipinski definition) is 3. The summed E-state index contributed by atoms with van der Waals surface area (Å²) in [7, 11) is 0. The van der Waals surface area contributed by atoms with Gasteiger partial charge < -0.3 is 15.5 Å². The molecule has 1 aliphatic rings. The van der Waals surface area contributed by atoms with Crippen molar-refractivity contribution in [2.45, 2.75) is 26.2 Å². The third-order valence-corrected chi connectivity index (χ3v) is 4.77. The molecule has 0 aromatic heterocycles. The fourth-order valence-electron chi connectivity index (χ4n) is 3.13. The van der Waals surface area contributed by atoms with Gasteiger partial charge >= 0.3 is 0 Å². The third kappa shape index (κ3) is 5.29. The lowest BCUT2D eigenvalue weighted by molar-refractivity contribution is -0.123. The molecule has 0 radical (unpaired) electrons. The summed E-state index contributed by atoms with van der Waals surface area (Å²) in [6.07, 6.45) is 2.01. The summed E-state index contributed by atoms with van der Waals surface area (Å²) in [6, 6.07) is 13.5. The minimum atomic E-state index is -0.559. The van der Waals surface area contributed by atoms with Crippen molar-refractivity contribution >= 4 is 28.9 Å². The molecule has 0 spiro atoms. The van der Waals surface area contributed by atoms with Gasteiger partial charge in [0, 0.05) is 24.5 Å². The maximum atomic E-state index is 13.5. The molecule has 1 aliphatic heterocycles. The van der Waals surface area contributed by atoms with Crippen molar-refractivity contribution in [2.24, 2.45) is 5.92 Å². The molecule has 6 heteroatoms. The quantitative estimate of drug-likeness (QED) is 0.782. The molecule has 2 aromatic rings. The Morgan fingerprint density at radius 2 is 1.63 bits per heavy atom. The van der Waals surface area contributed by atoms with E-state index in [1.165, 1.54) is 31.0 Å². The second-order valence-corrected chi connectivity index (χ2v) is 6.97. The van der Waals surface area contributed by atoms with Gasteiger partial charge in [0.05, 0.1) is 5.69 Å². The third-order valence-electron chi connectivity index (χ3n) is 4.77. The van der Waals surface area contributed by atoms with E-state index in [1.54, 1.807) is 6.07 Å². The molecule has 0 bridgehead atoms. The Bertz CT molecular complexity index is 799. The van der Waals surface area contributed by atoms with Crippen molar-refractivity contribution in [1.82, 2.24) is 0 Å². The highest BCUT2D eigenvalue weighted by Gasteiger charge is 2.16. The SMILES string of the molecule is CC1CCN(c2ccc(NC(=O)CC(=O)Nc3ccccc3F)cc2)CC1. The molecule has 2 N–H and O–H groups in total. The van der Waals surface area contributed by atoms with Crippen molar-refractivity contribution in [3.8, 4) is 0 Å². The first kappa shape index (κ1) is 18.9. The Hall–Kier alpha value is -2.89. The van der Waals surface area contributed by atoms with Crippen molar-refractivity contribution in [3.63, 3.8) is 0 Å². The summed E-state index contributed by atoms with van der Waals surface area (Å²) in [6.45, 7) is 4.37. The van der Waals surface area contributed by atoms with E-state index >= 15 is 0 Å². The lowest BCUT2D eigenvalue weighted by Crippen LogP contribution is -2.32. The Morgan fingerprint density at radius 1 is 1.00 bits per heavy atom. The molecule has 0 saturated carbocycles. The van der Waals surface area contributed by atoms with Crippen molar-refractivity contribution in [2.75, 3.05) is 28.6 Å². The van der Waals surface area contributed by atoms with Crippen LogP contribution in [0.15, 0.2) is 48.5 Å². The monoisotopic (exact) mass is 369 g/mol. The van der Waals surface area contributed by atoms with Gasteiger partial charge in [-0.3, -0.25) is 9.59 Å². The highest BCUT2D eigenvalue weighted by Crippen LogP contribution is 2.24. The smallest absolute Gasteiger partial charge is 0.233 e. The van der Waals surface area contributed by atoms with Gasteiger partial charge in [-0.1, -0.05) is 19.1 Å². The number of hydrogen-bond donors (Lipinski definition) is 2. The number of nitrogens with one attached hydrogen (secondary N) is 2. The van der Waals surface area contributed by atoms with Crippen molar-refractivity contribution in [1.29, 1.82) is 0 Å². The fourth-order valence-corrected chi connectivity index (χ4v) is 3.13. The van der Waals surface area contributed by atoms with E-state index < -0.39 is 17.6 Å². The number of nitrogens with zero attached hydrogens (tertiary/aromatic N) is 1. The average molecular weight is 369 g/mol. The van der Waals surface area contributed by atoms with Crippen LogP contribution < -0.4 is 15.5 Å². The van der Waals surface area contributed by atoms with E-state index in [4.69, 9.17) is 0 Å². The summed E-state index contributed by atoms with van der Waals surface area (Å²) in [4.78, 5) is 26.3. The van der Waals surface area contributed by atoms with Crippen LogP contribution in [-0.4, -0.2) is 24.9 Å². The second-order valence-electron chi connectivity index (χ2n) is 6.97. The van der Waals surface area contributed by atoms with Crippen LogP contribution in [0.2, 0.25) is 0 Å². The standard InChI is InChI=1S/C21H24FN3O2/c1-15-10-12-25(13-11-15)17-8-6-16(7-9-17)23-20(26)14-21(27)24-19-5-3-2-4-18(19)22/h2-9,15H,10-14H2,1H3,(H,23,26)(H,24,27). The summed E-state index contributed by atoms with van der Waals surface area (Å²) >= 11 is 0. The fraction of sp³-hybridized carbons (Fsp3) is 0.333. The Labute approximate surface area is 158 Å². The Kier molecular flexibility index (Phi) is 6.06. The van der Waals surface area contributed by atoms with Crippen LogP contribution in [0, 0.1) is 11.7 Å². The zero-order valence-corrected chi connectivity index (χ0v) is 15.4. The molecule has 142 valence electrons. The minimum absolute atomic E-state index is 0.0653. The molecule has 27 heavy (non-hydrogen) atoms. The zero-order chi connectivity index (χ0) is 19.2. The number of carbonyl (C=O) groups is 2. The van der Waals surface area contributed by atoms with Gasteiger partial charge in [-0.05, 0) is 55.2 Å². The molecule has 0 atom stereocenters. The van der Waals surface area contributed by atoms with Crippen molar-refractivity contribution < 1.29 is 14.0 Å². The number of benzene rings is 2. The van der Waals surface area contributed by atoms with E-state index in [9.17, 15) is 14.0 Å². The summed E-state index contributed by atoms with van der Waals surface area (Å²) in [5.41, 5.74) is 1.83. The number of para-hydroxylation sites is 1. The van der Waals surface area contributed by atoms with Gasteiger partial charge in [-0.25, -0.2) is 4.39 Å². The number of halogens is 1. The van der Waals surface area contributed by atoms with Crippen LogP contribution in [-0.2, 0) is 9.59 Å². The van der Waals surface area contributed by atoms with Crippen LogP contribution in [0.3, 0.4) is 0 Å². The van der Waals surface area contributed by atoms with E-state index in [0.29, 0.717) is 5.69 Å². The van der Waals surface area contributed by atoms with Crippen LogP contribution in [0.4, 0.5) is 21.5 Å². The highest BCUT2D eigenvalue weighted by atomic mass is 19.1. The molecular formula is C21H24FN3O2. The lowest BCUT2D eigenvalue weighted by atomic mass is 9.99. The molecule has 1 fully saturated rings. The van der Waals surface area contributed by atoms with Crippen LogP contribution in [0.5, 0.6) is 0 Å². The maximum absolute atomic E-state index is 13.5. The summed E-state index contributed by atoms with van der Waals surface area (Å²) in [5.74, 6) is -0.760. The Morgan fingerprint density at radius 3 is 2.30 bits per heavy atom. The molecule has 1 saturated heterocycles. The molecule has 3 rings (SSSR count). The number of anilines is 3. The number of carbonyl (C=O) groups excluding carboxylic acids is 2. The topological polar surface area (TPSA) is 61.4 Å². The lowest BCUT2D eigenvalue weighted by Gasteiger charge is -2.32. The van der Waals surface area contributed by atoms with E-state index in [-0.39, 0.29) is 12.1 Å². The highest BCUT2D eigenvalue weighted by molar-refractivity contribution is 6.08. The molecule has 5 nitrogen and oxygen atoms in total. The molecule has 0 unspecified atom stereocenters. The molecule has 0 aliphatic carbocycles. The van der Waals surface area contributed by atoms with Crippen LogP contribution in [0.1, 0.15) is 26.2 Å². The van der Waals surface area contributed by atoms with E-state index in [2.05, 4.69) is 22.5 Å². The van der Waals surface area contributed by atoms with E-state index in [0.717, 1.165) is 24.7 Å².